The molecule has 11 aromatic carbocycles. The highest BCUT2D eigenvalue weighted by molar-refractivity contribution is 7.25. The average Bonchev–Trinajstić information content (AvgIpc) is 4.06. The van der Waals surface area contributed by atoms with Gasteiger partial charge in [0.2, 0.25) is 0 Å². The predicted molar refractivity (Wildman–Crippen MR) is 281 cm³/mol. The predicted octanol–water partition coefficient (Wildman–Crippen LogP) is 16.8. The Morgan fingerprint density at radius 1 is 0.373 bits per heavy atom. The van der Waals surface area contributed by atoms with Gasteiger partial charge in [-0.3, -0.25) is 0 Å². The molecule has 0 amide bonds. The summed E-state index contributed by atoms with van der Waals surface area (Å²) in [6, 6.07) is 73.9. The first-order valence-corrected chi connectivity index (χ1v) is 23.4. The standard InChI is InChI=1S/C61H34N4OS/c1-2-14-37-30-40(25-24-35(37)12-1)59-62-60(41-27-29-55-50(32-41)44-19-9-10-23-54(44)67-55)64-61(63-59)48-22-11-21-47-56-45-20-8-7-18-43(45)52(34-53(56)66-58(47)48)65-51-33-39-16-4-3-15-38(39)31-49(51)46-28-26-36-13-5-6-17-42(36)57(46)65/h1-34H. The van der Waals surface area contributed by atoms with Crippen molar-refractivity contribution in [1.29, 1.82) is 0 Å². The van der Waals surface area contributed by atoms with Gasteiger partial charge in [0, 0.05) is 69.7 Å². The number of nitrogens with zero attached hydrogens (tertiary/aromatic N) is 4. The van der Waals surface area contributed by atoms with Gasteiger partial charge in [-0.15, -0.1) is 11.3 Å². The van der Waals surface area contributed by atoms with Crippen molar-refractivity contribution >= 4 is 118 Å². The van der Waals surface area contributed by atoms with Crippen molar-refractivity contribution in [3.63, 3.8) is 0 Å². The Labute approximate surface area is 386 Å². The van der Waals surface area contributed by atoms with Crippen molar-refractivity contribution in [2.24, 2.45) is 0 Å². The minimum Gasteiger partial charge on any atom is -0.455 e. The maximum Gasteiger partial charge on any atom is 0.167 e. The second-order valence-corrected chi connectivity index (χ2v) is 18.6. The van der Waals surface area contributed by atoms with E-state index in [0.29, 0.717) is 17.5 Å². The molecule has 5 nitrogen and oxygen atoms in total. The summed E-state index contributed by atoms with van der Waals surface area (Å²) in [6.45, 7) is 0. The number of fused-ring (bicyclic) bond motifs is 15. The molecule has 67 heavy (non-hydrogen) atoms. The molecule has 4 heterocycles. The Balaban J connectivity index is 0.998. The largest absolute Gasteiger partial charge is 0.455 e. The molecule has 15 rings (SSSR count). The molecular formula is C61H34N4OS. The molecule has 0 aliphatic heterocycles. The monoisotopic (exact) mass is 870 g/mol. The number of aromatic nitrogens is 4. The number of thiophene rings is 1. The lowest BCUT2D eigenvalue weighted by atomic mass is 10.0. The van der Waals surface area contributed by atoms with Gasteiger partial charge in [-0.25, -0.2) is 15.0 Å². The van der Waals surface area contributed by atoms with Crippen molar-refractivity contribution in [3.8, 4) is 39.9 Å². The molecular weight excluding hydrogens is 837 g/mol. The molecule has 0 N–H and O–H groups in total. The van der Waals surface area contributed by atoms with E-state index in [-0.39, 0.29) is 0 Å². The van der Waals surface area contributed by atoms with Gasteiger partial charge >= 0.3 is 0 Å². The fourth-order valence-corrected chi connectivity index (χ4v) is 11.8. The van der Waals surface area contributed by atoms with Crippen LogP contribution in [0.2, 0.25) is 0 Å². The lowest BCUT2D eigenvalue weighted by molar-refractivity contribution is 0.669. The third kappa shape index (κ3) is 5.45. The molecule has 0 bridgehead atoms. The van der Waals surface area contributed by atoms with Crippen LogP contribution >= 0.6 is 11.3 Å². The Bertz CT molecular complexity index is 4600. The number of hydrogen-bond donors (Lipinski definition) is 0. The van der Waals surface area contributed by atoms with Crippen LogP contribution in [0.25, 0.3) is 147 Å². The molecule has 15 aromatic rings. The van der Waals surface area contributed by atoms with E-state index in [1.807, 2.05) is 0 Å². The highest BCUT2D eigenvalue weighted by Gasteiger charge is 2.23. The highest BCUT2D eigenvalue weighted by Crippen LogP contribution is 2.45. The van der Waals surface area contributed by atoms with Crippen LogP contribution in [0.15, 0.2) is 211 Å². The van der Waals surface area contributed by atoms with Gasteiger partial charge in [0.05, 0.1) is 22.3 Å². The van der Waals surface area contributed by atoms with Crippen LogP contribution in [0.1, 0.15) is 0 Å². The van der Waals surface area contributed by atoms with Crippen LogP contribution in [0.4, 0.5) is 0 Å². The van der Waals surface area contributed by atoms with Crippen LogP contribution in [0.5, 0.6) is 0 Å². The summed E-state index contributed by atoms with van der Waals surface area (Å²) >= 11 is 1.81. The summed E-state index contributed by atoms with van der Waals surface area (Å²) in [5.41, 5.74) is 7.58. The van der Waals surface area contributed by atoms with Crippen LogP contribution in [-0.2, 0) is 0 Å². The summed E-state index contributed by atoms with van der Waals surface area (Å²) in [6.07, 6.45) is 0. The zero-order chi connectivity index (χ0) is 43.7. The molecule has 0 saturated carbocycles. The summed E-state index contributed by atoms with van der Waals surface area (Å²) in [4.78, 5) is 15.8. The van der Waals surface area contributed by atoms with Crippen LogP contribution in [-0.4, -0.2) is 19.5 Å². The third-order valence-corrected chi connectivity index (χ3v) is 14.9. The van der Waals surface area contributed by atoms with Crippen LogP contribution in [0.3, 0.4) is 0 Å². The van der Waals surface area contributed by atoms with E-state index >= 15 is 0 Å². The van der Waals surface area contributed by atoms with E-state index in [4.69, 9.17) is 19.4 Å². The van der Waals surface area contributed by atoms with E-state index in [2.05, 4.69) is 211 Å². The molecule has 0 aliphatic rings. The molecule has 0 unspecified atom stereocenters. The minimum absolute atomic E-state index is 0.554. The maximum absolute atomic E-state index is 7.20. The first kappa shape index (κ1) is 36.6. The maximum atomic E-state index is 7.20. The van der Waals surface area contributed by atoms with Gasteiger partial charge in [0.15, 0.2) is 17.5 Å². The van der Waals surface area contributed by atoms with E-state index in [0.717, 1.165) is 71.4 Å². The number of hydrogen-bond acceptors (Lipinski definition) is 5. The summed E-state index contributed by atoms with van der Waals surface area (Å²) < 4.78 is 12.2. The fourth-order valence-electron chi connectivity index (χ4n) is 10.7. The van der Waals surface area contributed by atoms with Gasteiger partial charge < -0.3 is 8.98 Å². The minimum atomic E-state index is 0.554. The lowest BCUT2D eigenvalue weighted by Gasteiger charge is -2.14. The van der Waals surface area contributed by atoms with Gasteiger partial charge in [0.1, 0.15) is 11.2 Å². The van der Waals surface area contributed by atoms with Crippen molar-refractivity contribution in [1.82, 2.24) is 19.5 Å². The summed E-state index contributed by atoms with van der Waals surface area (Å²) in [5.74, 6) is 1.77. The summed E-state index contributed by atoms with van der Waals surface area (Å²) in [5, 5.41) is 16.3. The van der Waals surface area contributed by atoms with Crippen molar-refractivity contribution in [3.05, 3.63) is 206 Å². The van der Waals surface area contributed by atoms with E-state index in [1.165, 1.54) is 58.0 Å². The smallest absolute Gasteiger partial charge is 0.167 e. The Morgan fingerprint density at radius 2 is 0.985 bits per heavy atom. The SMILES string of the molecule is c1ccc2cc(-c3nc(-c4ccc5sc6ccccc6c5c4)nc(-c4cccc5c4oc4cc(-n6c7cc8ccccc8cc7c7ccc8ccccc8c76)c6ccccc6c45)n3)ccc2c1. The van der Waals surface area contributed by atoms with Gasteiger partial charge in [-0.2, -0.15) is 0 Å². The molecule has 310 valence electrons. The van der Waals surface area contributed by atoms with E-state index < -0.39 is 0 Å². The van der Waals surface area contributed by atoms with Gasteiger partial charge in [-0.05, 0) is 80.8 Å². The normalized spacial score (nSPS) is 12.2. The second-order valence-electron chi connectivity index (χ2n) is 17.5. The fraction of sp³-hybridized carbons (Fsp3) is 0. The first-order chi connectivity index (χ1) is 33.2. The van der Waals surface area contributed by atoms with Gasteiger partial charge in [0.25, 0.3) is 0 Å². The lowest BCUT2D eigenvalue weighted by Crippen LogP contribution is -2.00. The summed E-state index contributed by atoms with van der Waals surface area (Å²) in [7, 11) is 0. The van der Waals surface area contributed by atoms with Gasteiger partial charge in [-0.1, -0.05) is 152 Å². The molecule has 0 aliphatic carbocycles. The number of rotatable bonds is 4. The molecule has 0 atom stereocenters. The molecule has 0 radical (unpaired) electrons. The second kappa shape index (κ2) is 13.9. The van der Waals surface area contributed by atoms with Crippen LogP contribution < -0.4 is 0 Å². The third-order valence-electron chi connectivity index (χ3n) is 13.8. The average molecular weight is 871 g/mol. The molecule has 6 heteroatoms. The molecule has 0 saturated heterocycles. The van der Waals surface area contributed by atoms with Crippen LogP contribution in [0, 0.1) is 0 Å². The molecule has 4 aromatic heterocycles. The number of furan rings is 1. The van der Waals surface area contributed by atoms with E-state index in [1.54, 1.807) is 11.3 Å². The topological polar surface area (TPSA) is 56.7 Å². The number of benzene rings is 11. The Morgan fingerprint density at radius 3 is 1.82 bits per heavy atom. The van der Waals surface area contributed by atoms with Crippen molar-refractivity contribution in [2.45, 2.75) is 0 Å². The zero-order valence-corrected chi connectivity index (χ0v) is 36.6. The van der Waals surface area contributed by atoms with Crippen molar-refractivity contribution < 1.29 is 4.42 Å². The number of para-hydroxylation sites is 1. The van der Waals surface area contributed by atoms with E-state index in [9.17, 15) is 0 Å². The first-order valence-electron chi connectivity index (χ1n) is 22.6. The molecule has 0 spiro atoms. The van der Waals surface area contributed by atoms with Crippen molar-refractivity contribution in [2.75, 3.05) is 0 Å². The Hall–Kier alpha value is -8.71. The molecule has 0 fully saturated rings. The quantitative estimate of drug-likeness (QED) is 0.177. The zero-order valence-electron chi connectivity index (χ0n) is 35.7. The highest BCUT2D eigenvalue weighted by atomic mass is 32.1. The Kier molecular flexibility index (Phi) is 7.59.